The Morgan fingerprint density at radius 2 is 2.03 bits per heavy atom. The lowest BCUT2D eigenvalue weighted by molar-refractivity contribution is 0.602. The van der Waals surface area contributed by atoms with Crippen molar-refractivity contribution in [3.05, 3.63) is 41.4 Å². The van der Waals surface area contributed by atoms with Crippen LogP contribution in [0.25, 0.3) is 20.8 Å². The summed E-state index contributed by atoms with van der Waals surface area (Å²) in [7, 11) is 0. The summed E-state index contributed by atoms with van der Waals surface area (Å²) in [4.78, 5) is 14.6. The predicted molar refractivity (Wildman–Crippen MR) is 129 cm³/mol. The van der Waals surface area contributed by atoms with Gasteiger partial charge in [0, 0.05) is 17.8 Å². The van der Waals surface area contributed by atoms with E-state index in [4.69, 9.17) is 15.0 Å². The van der Waals surface area contributed by atoms with Crippen LogP contribution in [0.3, 0.4) is 0 Å². The molecule has 5 rings (SSSR count). The number of thiazole rings is 1. The zero-order chi connectivity index (χ0) is 20.5. The van der Waals surface area contributed by atoms with Gasteiger partial charge in [0.2, 0.25) is 5.95 Å². The summed E-state index contributed by atoms with van der Waals surface area (Å²) in [5.41, 5.74) is 3.04. The summed E-state index contributed by atoms with van der Waals surface area (Å²) in [5, 5.41) is 11.0. The molecule has 2 aliphatic rings. The molecule has 1 saturated carbocycles. The van der Waals surface area contributed by atoms with Crippen LogP contribution in [0.5, 0.6) is 0 Å². The first kappa shape index (κ1) is 19.8. The molecule has 0 saturated heterocycles. The van der Waals surface area contributed by atoms with Crippen LogP contribution in [0.15, 0.2) is 35.7 Å². The average molecular weight is 438 g/mol. The minimum absolute atomic E-state index is 0.463. The number of aryl methyl sites for hydroxylation is 1. The molecule has 3 atom stereocenters. The Bertz CT molecular complexity index is 1040. The lowest BCUT2D eigenvalue weighted by Gasteiger charge is -2.19. The van der Waals surface area contributed by atoms with Crippen LogP contribution in [-0.2, 0) is 0 Å². The third-order valence-electron chi connectivity index (χ3n) is 5.89. The monoisotopic (exact) mass is 437 g/mol. The van der Waals surface area contributed by atoms with E-state index in [0.29, 0.717) is 17.2 Å². The second kappa shape index (κ2) is 8.55. The van der Waals surface area contributed by atoms with Crippen LogP contribution in [0, 0.1) is 12.8 Å². The molecule has 156 valence electrons. The van der Waals surface area contributed by atoms with Crippen molar-refractivity contribution in [3.63, 3.8) is 0 Å². The lowest BCUT2D eigenvalue weighted by Crippen LogP contribution is -2.20. The van der Waals surface area contributed by atoms with Gasteiger partial charge >= 0.3 is 0 Å². The Balaban J connectivity index is 1.48. The third-order valence-corrected chi connectivity index (χ3v) is 8.03. The highest BCUT2D eigenvalue weighted by Crippen LogP contribution is 2.38. The van der Waals surface area contributed by atoms with Gasteiger partial charge in [-0.3, -0.25) is 0 Å². The van der Waals surface area contributed by atoms with Gasteiger partial charge < -0.3 is 10.6 Å². The first-order chi connectivity index (χ1) is 14.7. The van der Waals surface area contributed by atoms with Gasteiger partial charge in [0.15, 0.2) is 0 Å². The molecular formula is C23H27N5S2. The Morgan fingerprint density at radius 1 is 1.13 bits per heavy atom. The Hall–Kier alpha value is -2.12. The fourth-order valence-corrected chi connectivity index (χ4v) is 6.20. The second-order valence-electron chi connectivity index (χ2n) is 8.35. The number of nitrogens with one attached hydrogen (secondary N) is 2. The van der Waals surface area contributed by atoms with Gasteiger partial charge in [-0.05, 0) is 56.1 Å². The van der Waals surface area contributed by atoms with Crippen molar-refractivity contribution in [3.8, 4) is 10.6 Å². The van der Waals surface area contributed by atoms with Gasteiger partial charge in [0.05, 0.1) is 21.5 Å². The van der Waals surface area contributed by atoms with E-state index in [1.165, 1.54) is 24.0 Å². The fraction of sp³-hybridized carbons (Fsp3) is 0.435. The lowest BCUT2D eigenvalue weighted by atomic mass is 10.1. The molecule has 3 aromatic rings. The number of hydrogen-bond donors (Lipinski definition) is 2. The van der Waals surface area contributed by atoms with Gasteiger partial charge in [0.1, 0.15) is 10.8 Å². The molecule has 2 N–H and O–H groups in total. The van der Waals surface area contributed by atoms with Crippen LogP contribution in [0.1, 0.15) is 38.3 Å². The zero-order valence-electron chi connectivity index (χ0n) is 17.4. The number of allylic oxidation sites excluding steroid dienone is 1. The summed E-state index contributed by atoms with van der Waals surface area (Å²) in [6, 6.07) is 8.76. The molecule has 1 fully saturated rings. The summed E-state index contributed by atoms with van der Waals surface area (Å²) >= 11 is 3.59. The van der Waals surface area contributed by atoms with Crippen LogP contribution in [0.4, 0.5) is 11.8 Å². The molecule has 0 radical (unpaired) electrons. The number of anilines is 2. The smallest absolute Gasteiger partial charge is 0.224 e. The SMILES string of the molecule is Cc1nc(NCC2CC=CS2)nc(N[C@H]2CC[C@@H](C)C2)c1-c1nc2ccccc2s1. The van der Waals surface area contributed by atoms with E-state index in [0.717, 1.165) is 46.5 Å². The standard InChI is InChI=1S/C23H27N5S2/c1-14-9-10-16(12-14)26-21-20(22-27-18-7-3-4-8-19(18)30-22)15(2)25-23(28-21)24-13-17-6-5-11-29-17/h3-5,7-8,11,14,16-17H,6,9-10,12-13H2,1-2H3,(H2,24,25,26,28)/t14-,16+,17?/m1/s1. The molecule has 0 spiro atoms. The minimum atomic E-state index is 0.463. The van der Waals surface area contributed by atoms with Crippen LogP contribution >= 0.6 is 23.1 Å². The maximum absolute atomic E-state index is 4.93. The van der Waals surface area contributed by atoms with Crippen molar-refractivity contribution in [2.24, 2.45) is 5.92 Å². The average Bonchev–Trinajstić information content (AvgIpc) is 3.47. The Kier molecular flexibility index (Phi) is 5.65. The van der Waals surface area contributed by atoms with Crippen molar-refractivity contribution in [2.45, 2.75) is 50.8 Å². The number of hydrogen-bond acceptors (Lipinski definition) is 7. The molecule has 1 aliphatic heterocycles. The van der Waals surface area contributed by atoms with Crippen molar-refractivity contribution in [1.29, 1.82) is 0 Å². The van der Waals surface area contributed by atoms with E-state index in [9.17, 15) is 0 Å². The van der Waals surface area contributed by atoms with Gasteiger partial charge in [-0.2, -0.15) is 4.98 Å². The number of aromatic nitrogens is 3. The quantitative estimate of drug-likeness (QED) is 0.486. The highest BCUT2D eigenvalue weighted by atomic mass is 32.2. The van der Waals surface area contributed by atoms with Gasteiger partial charge in [-0.15, -0.1) is 23.1 Å². The molecule has 1 unspecified atom stereocenters. The second-order valence-corrected chi connectivity index (χ2v) is 10.6. The van der Waals surface area contributed by atoms with Gasteiger partial charge in [-0.1, -0.05) is 25.1 Å². The molecule has 0 amide bonds. The van der Waals surface area contributed by atoms with E-state index < -0.39 is 0 Å². The van der Waals surface area contributed by atoms with Crippen molar-refractivity contribution in [2.75, 3.05) is 17.2 Å². The molecule has 2 aromatic heterocycles. The summed E-state index contributed by atoms with van der Waals surface area (Å²) in [5.74, 6) is 2.39. The third kappa shape index (κ3) is 4.18. The van der Waals surface area contributed by atoms with Crippen molar-refractivity contribution < 1.29 is 0 Å². The van der Waals surface area contributed by atoms with Crippen molar-refractivity contribution >= 4 is 45.1 Å². The molecule has 7 heteroatoms. The van der Waals surface area contributed by atoms with Crippen LogP contribution in [0.2, 0.25) is 0 Å². The maximum Gasteiger partial charge on any atom is 0.224 e. The first-order valence-electron chi connectivity index (χ1n) is 10.7. The Morgan fingerprint density at radius 3 is 2.80 bits per heavy atom. The number of rotatable bonds is 6. The topological polar surface area (TPSA) is 62.7 Å². The number of thioether (sulfide) groups is 1. The molecule has 1 aliphatic carbocycles. The number of fused-ring (bicyclic) bond motifs is 1. The van der Waals surface area contributed by atoms with Crippen LogP contribution < -0.4 is 10.6 Å². The fourth-order valence-electron chi connectivity index (χ4n) is 4.29. The highest BCUT2D eigenvalue weighted by Gasteiger charge is 2.25. The number of para-hydroxylation sites is 1. The Labute approximate surface area is 185 Å². The molecule has 3 heterocycles. The minimum Gasteiger partial charge on any atom is -0.367 e. The van der Waals surface area contributed by atoms with Gasteiger partial charge in [0.25, 0.3) is 0 Å². The predicted octanol–water partition coefficient (Wildman–Crippen LogP) is 6.09. The largest absolute Gasteiger partial charge is 0.367 e. The van der Waals surface area contributed by atoms with E-state index in [1.54, 1.807) is 11.3 Å². The molecule has 1 aromatic carbocycles. The summed E-state index contributed by atoms with van der Waals surface area (Å²) in [6.07, 6.45) is 6.99. The van der Waals surface area contributed by atoms with E-state index in [-0.39, 0.29) is 0 Å². The first-order valence-corrected chi connectivity index (χ1v) is 12.5. The summed E-state index contributed by atoms with van der Waals surface area (Å²) in [6.45, 7) is 5.28. The normalized spacial score (nSPS) is 23.3. The number of benzene rings is 1. The van der Waals surface area contributed by atoms with E-state index in [2.05, 4.69) is 54.2 Å². The molecule has 5 nitrogen and oxygen atoms in total. The van der Waals surface area contributed by atoms with Crippen molar-refractivity contribution in [1.82, 2.24) is 15.0 Å². The zero-order valence-corrected chi connectivity index (χ0v) is 19.0. The number of nitrogens with zero attached hydrogens (tertiary/aromatic N) is 3. The van der Waals surface area contributed by atoms with Crippen LogP contribution in [-0.4, -0.2) is 32.8 Å². The summed E-state index contributed by atoms with van der Waals surface area (Å²) < 4.78 is 1.19. The maximum atomic E-state index is 4.93. The molecule has 30 heavy (non-hydrogen) atoms. The van der Waals surface area contributed by atoms with E-state index >= 15 is 0 Å². The van der Waals surface area contributed by atoms with E-state index in [1.807, 2.05) is 17.8 Å². The molecular weight excluding hydrogens is 410 g/mol. The van der Waals surface area contributed by atoms with Gasteiger partial charge in [-0.25, -0.2) is 9.97 Å². The molecule has 0 bridgehead atoms. The highest BCUT2D eigenvalue weighted by molar-refractivity contribution is 8.03.